The summed E-state index contributed by atoms with van der Waals surface area (Å²) >= 11 is 0. The molecule has 0 aliphatic heterocycles. The number of nitrogens with two attached hydrogens (primary N) is 1. The Morgan fingerprint density at radius 2 is 1.85 bits per heavy atom. The lowest BCUT2D eigenvalue weighted by atomic mass is 10.1. The molecule has 0 spiro atoms. The normalized spacial score (nSPS) is 13.3. The number of hydrogen-bond donors (Lipinski definition) is 1. The number of rotatable bonds is 3. The van der Waals surface area contributed by atoms with Crippen molar-refractivity contribution in [1.29, 1.82) is 0 Å². The number of benzene rings is 1. The van der Waals surface area contributed by atoms with E-state index in [1.807, 2.05) is 19.0 Å². The molecule has 0 aliphatic rings. The first-order chi connectivity index (χ1) is 6.09. The maximum Gasteiger partial charge on any atom is 0.123 e. The van der Waals surface area contributed by atoms with Crippen LogP contribution in [0.3, 0.4) is 0 Å². The van der Waals surface area contributed by atoms with Crippen LogP contribution in [0, 0.1) is 5.82 Å². The molecule has 0 radical (unpaired) electrons. The zero-order chi connectivity index (χ0) is 9.84. The van der Waals surface area contributed by atoms with E-state index in [0.717, 1.165) is 12.1 Å². The van der Waals surface area contributed by atoms with Crippen molar-refractivity contribution in [3.8, 4) is 0 Å². The quantitative estimate of drug-likeness (QED) is 0.765. The molecule has 3 heteroatoms. The summed E-state index contributed by atoms with van der Waals surface area (Å²) in [6.45, 7) is 0.769. The molecular formula is C10H15FN2. The van der Waals surface area contributed by atoms with E-state index in [1.165, 1.54) is 12.1 Å². The van der Waals surface area contributed by atoms with E-state index in [4.69, 9.17) is 5.73 Å². The average Bonchev–Trinajstić information content (AvgIpc) is 2.04. The highest BCUT2D eigenvalue weighted by atomic mass is 19.1. The van der Waals surface area contributed by atoms with Crippen LogP contribution in [0.2, 0.25) is 0 Å². The number of halogens is 1. The number of likely N-dealkylation sites (N-methyl/N-ethyl adjacent to an activating group) is 1. The maximum absolute atomic E-state index is 12.6. The van der Waals surface area contributed by atoms with Gasteiger partial charge in [-0.1, -0.05) is 12.1 Å². The smallest absolute Gasteiger partial charge is 0.123 e. The van der Waals surface area contributed by atoms with Gasteiger partial charge in [0.2, 0.25) is 0 Å². The summed E-state index contributed by atoms with van der Waals surface area (Å²) in [5, 5.41) is 0. The van der Waals surface area contributed by atoms with E-state index in [9.17, 15) is 4.39 Å². The van der Waals surface area contributed by atoms with E-state index in [2.05, 4.69) is 0 Å². The molecule has 1 unspecified atom stereocenters. The van der Waals surface area contributed by atoms with Crippen LogP contribution in [0.25, 0.3) is 0 Å². The lowest BCUT2D eigenvalue weighted by Gasteiger charge is -2.16. The number of nitrogens with zero attached hydrogens (tertiary/aromatic N) is 1. The largest absolute Gasteiger partial charge is 0.323 e. The second-order valence-corrected chi connectivity index (χ2v) is 3.42. The standard InChI is InChI=1S/C10H15FN2/c1-13(2)7-10(12)8-3-5-9(11)6-4-8/h3-6,10H,7,12H2,1-2H3. The van der Waals surface area contributed by atoms with Crippen LogP contribution in [-0.2, 0) is 0 Å². The van der Waals surface area contributed by atoms with Crippen molar-refractivity contribution < 1.29 is 4.39 Å². The molecule has 1 aromatic rings. The summed E-state index contributed by atoms with van der Waals surface area (Å²) in [5.74, 6) is -0.221. The Hall–Kier alpha value is -0.930. The van der Waals surface area contributed by atoms with Crippen molar-refractivity contribution in [3.05, 3.63) is 35.6 Å². The molecule has 0 saturated carbocycles. The van der Waals surface area contributed by atoms with Gasteiger partial charge in [0.1, 0.15) is 5.82 Å². The molecule has 2 N–H and O–H groups in total. The first-order valence-corrected chi connectivity index (χ1v) is 4.25. The van der Waals surface area contributed by atoms with E-state index in [0.29, 0.717) is 0 Å². The van der Waals surface area contributed by atoms with E-state index < -0.39 is 0 Å². The van der Waals surface area contributed by atoms with Crippen LogP contribution in [-0.4, -0.2) is 25.5 Å². The molecule has 0 aliphatic carbocycles. The van der Waals surface area contributed by atoms with Gasteiger partial charge < -0.3 is 10.6 Å². The Labute approximate surface area is 78.2 Å². The van der Waals surface area contributed by atoms with Crippen molar-refractivity contribution >= 4 is 0 Å². The fraction of sp³-hybridized carbons (Fsp3) is 0.400. The van der Waals surface area contributed by atoms with Gasteiger partial charge in [0, 0.05) is 12.6 Å². The van der Waals surface area contributed by atoms with Crippen LogP contribution in [0.15, 0.2) is 24.3 Å². The van der Waals surface area contributed by atoms with Crippen LogP contribution in [0.4, 0.5) is 4.39 Å². The number of hydrogen-bond acceptors (Lipinski definition) is 2. The van der Waals surface area contributed by atoms with Gasteiger partial charge in [-0.3, -0.25) is 0 Å². The van der Waals surface area contributed by atoms with Crippen molar-refractivity contribution in [1.82, 2.24) is 4.90 Å². The minimum atomic E-state index is -0.221. The van der Waals surface area contributed by atoms with Crippen LogP contribution >= 0.6 is 0 Å². The van der Waals surface area contributed by atoms with Gasteiger partial charge in [0.15, 0.2) is 0 Å². The molecule has 0 aromatic heterocycles. The fourth-order valence-electron chi connectivity index (χ4n) is 1.21. The topological polar surface area (TPSA) is 29.3 Å². The lowest BCUT2D eigenvalue weighted by molar-refractivity contribution is 0.376. The monoisotopic (exact) mass is 182 g/mol. The predicted molar refractivity (Wildman–Crippen MR) is 51.9 cm³/mol. The Balaban J connectivity index is 2.66. The SMILES string of the molecule is CN(C)CC(N)c1ccc(F)cc1. The van der Waals surface area contributed by atoms with Gasteiger partial charge >= 0.3 is 0 Å². The molecule has 2 nitrogen and oxygen atoms in total. The molecule has 1 aromatic carbocycles. The Kier molecular flexibility index (Phi) is 3.39. The van der Waals surface area contributed by atoms with Crippen LogP contribution < -0.4 is 5.73 Å². The first kappa shape index (κ1) is 10.2. The lowest BCUT2D eigenvalue weighted by Crippen LogP contribution is -2.25. The zero-order valence-electron chi connectivity index (χ0n) is 8.00. The third-order valence-corrected chi connectivity index (χ3v) is 1.86. The van der Waals surface area contributed by atoms with Gasteiger partial charge in [0.05, 0.1) is 0 Å². The second kappa shape index (κ2) is 4.35. The van der Waals surface area contributed by atoms with Crippen molar-refractivity contribution in [2.45, 2.75) is 6.04 Å². The Morgan fingerprint density at radius 1 is 1.31 bits per heavy atom. The maximum atomic E-state index is 12.6. The summed E-state index contributed by atoms with van der Waals surface area (Å²) in [6.07, 6.45) is 0. The predicted octanol–water partition coefficient (Wildman–Crippen LogP) is 1.39. The summed E-state index contributed by atoms with van der Waals surface area (Å²) in [6, 6.07) is 6.28. The van der Waals surface area contributed by atoms with Crippen molar-refractivity contribution in [2.24, 2.45) is 5.73 Å². The van der Waals surface area contributed by atoms with Crippen molar-refractivity contribution in [2.75, 3.05) is 20.6 Å². The molecule has 0 bridgehead atoms. The third-order valence-electron chi connectivity index (χ3n) is 1.86. The van der Waals surface area contributed by atoms with Gasteiger partial charge in [-0.2, -0.15) is 0 Å². The summed E-state index contributed by atoms with van der Waals surface area (Å²) < 4.78 is 12.6. The van der Waals surface area contributed by atoms with Gasteiger partial charge in [-0.25, -0.2) is 4.39 Å². The summed E-state index contributed by atoms with van der Waals surface area (Å²) in [4.78, 5) is 2.01. The van der Waals surface area contributed by atoms with Gasteiger partial charge in [-0.15, -0.1) is 0 Å². The Bertz CT molecular complexity index is 256. The molecule has 1 rings (SSSR count). The molecule has 72 valence electrons. The molecule has 13 heavy (non-hydrogen) atoms. The second-order valence-electron chi connectivity index (χ2n) is 3.42. The summed E-state index contributed by atoms with van der Waals surface area (Å²) in [5.41, 5.74) is 6.85. The first-order valence-electron chi connectivity index (χ1n) is 4.25. The van der Waals surface area contributed by atoms with Crippen LogP contribution in [0.1, 0.15) is 11.6 Å². The Morgan fingerprint density at radius 3 is 2.31 bits per heavy atom. The highest BCUT2D eigenvalue weighted by molar-refractivity contribution is 5.19. The van der Waals surface area contributed by atoms with E-state index in [-0.39, 0.29) is 11.9 Å². The average molecular weight is 182 g/mol. The zero-order valence-corrected chi connectivity index (χ0v) is 8.00. The van der Waals surface area contributed by atoms with E-state index >= 15 is 0 Å². The fourth-order valence-corrected chi connectivity index (χ4v) is 1.21. The molecule has 0 fully saturated rings. The molecule has 0 saturated heterocycles. The molecule has 0 heterocycles. The highest BCUT2D eigenvalue weighted by Crippen LogP contribution is 2.11. The molecular weight excluding hydrogens is 167 g/mol. The third kappa shape index (κ3) is 3.13. The van der Waals surface area contributed by atoms with E-state index in [1.54, 1.807) is 12.1 Å². The molecule has 0 amide bonds. The minimum absolute atomic E-state index is 0.0457. The van der Waals surface area contributed by atoms with Crippen molar-refractivity contribution in [3.63, 3.8) is 0 Å². The van der Waals surface area contributed by atoms with Gasteiger partial charge in [-0.05, 0) is 31.8 Å². The van der Waals surface area contributed by atoms with Gasteiger partial charge in [0.25, 0.3) is 0 Å². The minimum Gasteiger partial charge on any atom is -0.323 e. The highest BCUT2D eigenvalue weighted by Gasteiger charge is 2.06. The summed E-state index contributed by atoms with van der Waals surface area (Å²) in [7, 11) is 3.92. The molecule has 1 atom stereocenters. The van der Waals surface area contributed by atoms with Crippen LogP contribution in [0.5, 0.6) is 0 Å².